The van der Waals surface area contributed by atoms with Crippen molar-refractivity contribution in [1.82, 2.24) is 5.32 Å². The predicted octanol–water partition coefficient (Wildman–Crippen LogP) is 2.36. The Morgan fingerprint density at radius 2 is 2.20 bits per heavy atom. The second-order valence-electron chi connectivity index (χ2n) is 5.18. The highest BCUT2D eigenvalue weighted by Crippen LogP contribution is 2.36. The highest BCUT2D eigenvalue weighted by Gasteiger charge is 2.26. The summed E-state index contributed by atoms with van der Waals surface area (Å²) in [4.78, 5) is 11.9. The molecule has 108 valence electrons. The van der Waals surface area contributed by atoms with Gasteiger partial charge < -0.3 is 14.8 Å². The van der Waals surface area contributed by atoms with Gasteiger partial charge in [-0.3, -0.25) is 4.79 Å². The molecule has 1 fully saturated rings. The quantitative estimate of drug-likeness (QED) is 0.905. The number of carbonyl (C=O) groups excluding carboxylic acids is 1. The molecule has 1 aliphatic heterocycles. The molecule has 1 aromatic rings. The van der Waals surface area contributed by atoms with E-state index in [0.29, 0.717) is 19.3 Å². The lowest BCUT2D eigenvalue weighted by Crippen LogP contribution is -2.32. The van der Waals surface area contributed by atoms with E-state index in [-0.39, 0.29) is 11.2 Å². The number of thioether (sulfide) groups is 1. The maximum atomic E-state index is 11.9. The van der Waals surface area contributed by atoms with Crippen molar-refractivity contribution < 1.29 is 14.3 Å². The average molecular weight is 293 g/mol. The zero-order valence-electron chi connectivity index (χ0n) is 11.6. The largest absolute Gasteiger partial charge is 0.486 e. The minimum Gasteiger partial charge on any atom is -0.486 e. The van der Waals surface area contributed by atoms with E-state index < -0.39 is 0 Å². The number of carbonyl (C=O) groups is 1. The Labute approximate surface area is 123 Å². The molecule has 2 aliphatic rings. The summed E-state index contributed by atoms with van der Waals surface area (Å²) in [5, 5.41) is 2.99. The van der Waals surface area contributed by atoms with Crippen LogP contribution in [0.25, 0.3) is 0 Å². The van der Waals surface area contributed by atoms with Gasteiger partial charge >= 0.3 is 0 Å². The number of hydrogen-bond acceptors (Lipinski definition) is 4. The molecule has 1 amide bonds. The molecule has 1 heterocycles. The van der Waals surface area contributed by atoms with Crippen LogP contribution in [0.2, 0.25) is 0 Å². The molecule has 0 aromatic heterocycles. The number of nitrogens with one attached hydrogen (secondary N) is 1. The summed E-state index contributed by atoms with van der Waals surface area (Å²) in [6.07, 6.45) is 2.25. The number of ether oxygens (including phenoxy) is 2. The van der Waals surface area contributed by atoms with Crippen molar-refractivity contribution in [3.8, 4) is 11.5 Å². The predicted molar refractivity (Wildman–Crippen MR) is 79.4 cm³/mol. The molecule has 1 aliphatic carbocycles. The van der Waals surface area contributed by atoms with Crippen molar-refractivity contribution in [2.45, 2.75) is 36.8 Å². The lowest BCUT2D eigenvalue weighted by Gasteiger charge is -2.21. The summed E-state index contributed by atoms with van der Waals surface area (Å²) in [5.41, 5.74) is 1.10. The van der Waals surface area contributed by atoms with Crippen LogP contribution in [0.4, 0.5) is 0 Å². The molecule has 5 heteroatoms. The molecular weight excluding hydrogens is 274 g/mol. The molecule has 0 spiro atoms. The van der Waals surface area contributed by atoms with E-state index in [4.69, 9.17) is 9.47 Å². The summed E-state index contributed by atoms with van der Waals surface area (Å²) in [5.74, 6) is 2.54. The van der Waals surface area contributed by atoms with Gasteiger partial charge in [-0.05, 0) is 25.8 Å². The Hall–Kier alpha value is -1.36. The van der Waals surface area contributed by atoms with E-state index in [2.05, 4.69) is 5.32 Å². The third-order valence-electron chi connectivity index (χ3n) is 3.43. The molecule has 1 aromatic carbocycles. The second kappa shape index (κ2) is 5.95. The average Bonchev–Trinajstić information content (AvgIpc) is 3.28. The normalized spacial score (nSPS) is 18.4. The van der Waals surface area contributed by atoms with Crippen LogP contribution in [-0.4, -0.2) is 30.4 Å². The Kier molecular flexibility index (Phi) is 4.05. The fourth-order valence-corrected chi connectivity index (χ4v) is 2.96. The Bertz CT molecular complexity index is 502. The standard InChI is InChI=1S/C15H19NO3S/c1-10(15(17)16-12-5-6-12)20-9-11-3-2-4-13-14(11)19-8-7-18-13/h2-4,10,12H,5-9H2,1H3,(H,16,17)/t10-/m0/s1. The SMILES string of the molecule is C[C@H](SCc1cccc2c1OCCO2)C(=O)NC1CC1. The molecule has 3 rings (SSSR count). The van der Waals surface area contributed by atoms with Crippen LogP contribution in [-0.2, 0) is 10.5 Å². The fraction of sp³-hybridized carbons (Fsp3) is 0.533. The summed E-state index contributed by atoms with van der Waals surface area (Å²) in [7, 11) is 0. The van der Waals surface area contributed by atoms with Crippen molar-refractivity contribution in [2.75, 3.05) is 13.2 Å². The van der Waals surface area contributed by atoms with Crippen molar-refractivity contribution in [2.24, 2.45) is 0 Å². The first kappa shape index (κ1) is 13.6. The van der Waals surface area contributed by atoms with Crippen LogP contribution in [0, 0.1) is 0 Å². The molecule has 4 nitrogen and oxygen atoms in total. The van der Waals surface area contributed by atoms with Gasteiger partial charge in [-0.25, -0.2) is 0 Å². The molecule has 1 atom stereocenters. The van der Waals surface area contributed by atoms with Crippen LogP contribution < -0.4 is 14.8 Å². The van der Waals surface area contributed by atoms with Crippen LogP contribution in [0.15, 0.2) is 18.2 Å². The van der Waals surface area contributed by atoms with Crippen molar-refractivity contribution >= 4 is 17.7 Å². The molecular formula is C15H19NO3S. The van der Waals surface area contributed by atoms with Gasteiger partial charge in [0.15, 0.2) is 11.5 Å². The Morgan fingerprint density at radius 3 is 3.00 bits per heavy atom. The number of hydrogen-bond donors (Lipinski definition) is 1. The highest BCUT2D eigenvalue weighted by atomic mass is 32.2. The van der Waals surface area contributed by atoms with Crippen LogP contribution in [0.3, 0.4) is 0 Å². The van der Waals surface area contributed by atoms with Crippen molar-refractivity contribution in [1.29, 1.82) is 0 Å². The van der Waals surface area contributed by atoms with Crippen LogP contribution >= 0.6 is 11.8 Å². The van der Waals surface area contributed by atoms with E-state index in [9.17, 15) is 4.79 Å². The Morgan fingerprint density at radius 1 is 1.40 bits per heavy atom. The van der Waals surface area contributed by atoms with Crippen molar-refractivity contribution in [3.05, 3.63) is 23.8 Å². The highest BCUT2D eigenvalue weighted by molar-refractivity contribution is 7.99. The maximum absolute atomic E-state index is 11.9. The monoisotopic (exact) mass is 293 g/mol. The molecule has 1 saturated carbocycles. The summed E-state index contributed by atoms with van der Waals surface area (Å²) in [6.45, 7) is 3.14. The number of fused-ring (bicyclic) bond motifs is 1. The van der Waals surface area contributed by atoms with Crippen LogP contribution in [0.5, 0.6) is 11.5 Å². The second-order valence-corrected chi connectivity index (χ2v) is 6.51. The molecule has 1 N–H and O–H groups in total. The van der Waals surface area contributed by atoms with Gasteiger partial charge in [0.05, 0.1) is 5.25 Å². The van der Waals surface area contributed by atoms with Gasteiger partial charge in [0.25, 0.3) is 0 Å². The van der Waals surface area contributed by atoms with Gasteiger partial charge in [0.2, 0.25) is 5.91 Å². The zero-order chi connectivity index (χ0) is 13.9. The number of amides is 1. The summed E-state index contributed by atoms with van der Waals surface area (Å²) in [6, 6.07) is 6.35. The number of rotatable bonds is 5. The van der Waals surface area contributed by atoms with E-state index in [1.807, 2.05) is 25.1 Å². The number of para-hydroxylation sites is 1. The smallest absolute Gasteiger partial charge is 0.233 e. The summed E-state index contributed by atoms with van der Waals surface area (Å²) < 4.78 is 11.2. The van der Waals surface area contributed by atoms with E-state index in [1.54, 1.807) is 11.8 Å². The summed E-state index contributed by atoms with van der Waals surface area (Å²) >= 11 is 1.63. The van der Waals surface area contributed by atoms with E-state index >= 15 is 0 Å². The minimum atomic E-state index is -0.0454. The lowest BCUT2D eigenvalue weighted by molar-refractivity contribution is -0.120. The van der Waals surface area contributed by atoms with Gasteiger partial charge in [0.1, 0.15) is 13.2 Å². The van der Waals surface area contributed by atoms with E-state index in [1.165, 1.54) is 0 Å². The zero-order valence-corrected chi connectivity index (χ0v) is 12.4. The Balaban J connectivity index is 1.58. The van der Waals surface area contributed by atoms with Crippen molar-refractivity contribution in [3.63, 3.8) is 0 Å². The first-order chi connectivity index (χ1) is 9.74. The fourth-order valence-electron chi connectivity index (χ4n) is 2.08. The molecule has 0 saturated heterocycles. The van der Waals surface area contributed by atoms with Crippen LogP contribution in [0.1, 0.15) is 25.3 Å². The van der Waals surface area contributed by atoms with Gasteiger partial charge in [0, 0.05) is 17.4 Å². The molecule has 0 radical (unpaired) electrons. The third kappa shape index (κ3) is 3.20. The first-order valence-corrected chi connectivity index (χ1v) is 8.08. The van der Waals surface area contributed by atoms with E-state index in [0.717, 1.165) is 35.7 Å². The number of benzene rings is 1. The molecule has 0 unspecified atom stereocenters. The van der Waals surface area contributed by atoms with Gasteiger partial charge in [-0.1, -0.05) is 12.1 Å². The minimum absolute atomic E-state index is 0.0454. The first-order valence-electron chi connectivity index (χ1n) is 7.03. The lowest BCUT2D eigenvalue weighted by atomic mass is 10.2. The molecule has 20 heavy (non-hydrogen) atoms. The third-order valence-corrected chi connectivity index (χ3v) is 4.62. The molecule has 0 bridgehead atoms. The van der Waals surface area contributed by atoms with Gasteiger partial charge in [-0.2, -0.15) is 0 Å². The van der Waals surface area contributed by atoms with Gasteiger partial charge in [-0.15, -0.1) is 11.8 Å². The topological polar surface area (TPSA) is 47.6 Å². The maximum Gasteiger partial charge on any atom is 0.233 e.